The second kappa shape index (κ2) is 4.85. The second-order valence-corrected chi connectivity index (χ2v) is 9.73. The van der Waals surface area contributed by atoms with Crippen molar-refractivity contribution < 1.29 is 5.11 Å². The first kappa shape index (κ1) is 15.2. The Morgan fingerprint density at radius 2 is 1.82 bits per heavy atom. The van der Waals surface area contributed by atoms with E-state index in [0.717, 1.165) is 30.1 Å². The average Bonchev–Trinajstić information content (AvgIpc) is 2.84. The minimum atomic E-state index is -0.167. The van der Waals surface area contributed by atoms with Gasteiger partial charge >= 0.3 is 0 Å². The molecule has 3 fully saturated rings. The molecule has 0 amide bonds. The molecule has 8 atom stereocenters. The fourth-order valence-corrected chi connectivity index (χ4v) is 7.43. The van der Waals surface area contributed by atoms with Crippen molar-refractivity contribution in [3.63, 3.8) is 0 Å². The molecular weight excluding hydrogens is 268 g/mol. The van der Waals surface area contributed by atoms with Crippen LogP contribution in [0.25, 0.3) is 0 Å². The normalized spacial score (nSPS) is 57.6. The summed E-state index contributed by atoms with van der Waals surface area (Å²) < 4.78 is 0. The number of hydrogen-bond acceptors (Lipinski definition) is 1. The van der Waals surface area contributed by atoms with E-state index in [9.17, 15) is 5.11 Å². The molecule has 0 aromatic carbocycles. The Hall–Kier alpha value is -0.300. The Morgan fingerprint density at radius 1 is 1.05 bits per heavy atom. The number of aliphatic hydroxyl groups is 1. The molecule has 4 rings (SSSR count). The molecule has 4 aliphatic rings. The molecule has 0 spiro atoms. The van der Waals surface area contributed by atoms with Crippen LogP contribution >= 0.6 is 0 Å². The Labute approximate surface area is 136 Å². The maximum Gasteiger partial charge on any atom is 0.0758 e. The van der Waals surface area contributed by atoms with Crippen LogP contribution in [0.3, 0.4) is 0 Å². The fourth-order valence-electron chi connectivity index (χ4n) is 7.43. The van der Waals surface area contributed by atoms with E-state index in [2.05, 4.69) is 33.8 Å². The summed E-state index contributed by atoms with van der Waals surface area (Å²) in [6.45, 7) is 9.85. The van der Waals surface area contributed by atoms with Gasteiger partial charge in [-0.3, -0.25) is 0 Å². The molecule has 0 bridgehead atoms. The molecule has 22 heavy (non-hydrogen) atoms. The van der Waals surface area contributed by atoms with Crippen molar-refractivity contribution in [3.05, 3.63) is 11.6 Å². The summed E-state index contributed by atoms with van der Waals surface area (Å²) in [4.78, 5) is 0. The maximum atomic E-state index is 11.0. The van der Waals surface area contributed by atoms with Gasteiger partial charge in [0.15, 0.2) is 0 Å². The topological polar surface area (TPSA) is 20.2 Å². The van der Waals surface area contributed by atoms with Crippen LogP contribution in [0.1, 0.15) is 72.6 Å². The molecule has 0 radical (unpaired) electrons. The molecule has 0 aromatic rings. The zero-order valence-corrected chi connectivity index (χ0v) is 14.9. The molecule has 0 aliphatic heterocycles. The van der Waals surface area contributed by atoms with Gasteiger partial charge in [-0.1, -0.05) is 40.2 Å². The highest BCUT2D eigenvalue weighted by atomic mass is 16.3. The SMILES string of the molecule is CC1C=C2C(O)CC3C4CCCC4(C)CCC3[C@@]2(C)[C@H](C)C1. The molecular formula is C21H34O. The van der Waals surface area contributed by atoms with E-state index in [-0.39, 0.29) is 11.5 Å². The van der Waals surface area contributed by atoms with E-state index in [4.69, 9.17) is 0 Å². The zero-order chi connectivity index (χ0) is 15.7. The van der Waals surface area contributed by atoms with Crippen molar-refractivity contribution >= 4 is 0 Å². The Bertz CT molecular complexity index is 494. The van der Waals surface area contributed by atoms with Gasteiger partial charge in [0.1, 0.15) is 0 Å². The number of allylic oxidation sites excluding steroid dienone is 1. The first-order valence-corrected chi connectivity index (χ1v) is 9.76. The molecule has 6 unspecified atom stereocenters. The van der Waals surface area contributed by atoms with Crippen molar-refractivity contribution in [3.8, 4) is 0 Å². The summed E-state index contributed by atoms with van der Waals surface area (Å²) in [7, 11) is 0. The molecule has 124 valence electrons. The van der Waals surface area contributed by atoms with E-state index in [1.165, 1.54) is 44.1 Å². The summed E-state index contributed by atoms with van der Waals surface area (Å²) in [5, 5.41) is 11.0. The number of hydrogen-bond donors (Lipinski definition) is 1. The van der Waals surface area contributed by atoms with E-state index < -0.39 is 0 Å². The summed E-state index contributed by atoms with van der Waals surface area (Å²) >= 11 is 0. The van der Waals surface area contributed by atoms with Gasteiger partial charge < -0.3 is 5.11 Å². The lowest BCUT2D eigenvalue weighted by molar-refractivity contribution is -0.0865. The fraction of sp³-hybridized carbons (Fsp3) is 0.905. The lowest BCUT2D eigenvalue weighted by Gasteiger charge is -2.61. The van der Waals surface area contributed by atoms with Gasteiger partial charge in [-0.2, -0.15) is 0 Å². The van der Waals surface area contributed by atoms with Gasteiger partial charge in [-0.15, -0.1) is 0 Å². The minimum Gasteiger partial charge on any atom is -0.389 e. The smallest absolute Gasteiger partial charge is 0.0758 e. The van der Waals surface area contributed by atoms with Crippen molar-refractivity contribution in [2.75, 3.05) is 0 Å². The third kappa shape index (κ3) is 1.87. The standard InChI is InChI=1S/C21H34O/c1-13-10-14(2)21(4)17-7-9-20(3)8-5-6-16(20)15(17)12-19(22)18(21)11-13/h11,13-17,19,22H,5-10,12H2,1-4H3/t13?,14-,15?,16?,17?,19?,20?,21-/m1/s1. The highest BCUT2D eigenvalue weighted by Gasteiger charge is 2.59. The van der Waals surface area contributed by atoms with Gasteiger partial charge in [0.05, 0.1) is 6.10 Å². The highest BCUT2D eigenvalue weighted by molar-refractivity contribution is 5.29. The van der Waals surface area contributed by atoms with Crippen molar-refractivity contribution in [2.45, 2.75) is 78.7 Å². The lowest BCUT2D eigenvalue weighted by Crippen LogP contribution is -2.55. The quantitative estimate of drug-likeness (QED) is 0.610. The molecule has 0 saturated heterocycles. The molecule has 1 nitrogen and oxygen atoms in total. The Kier molecular flexibility index (Phi) is 3.36. The molecule has 0 heterocycles. The number of fused-ring (bicyclic) bond motifs is 5. The summed E-state index contributed by atoms with van der Waals surface area (Å²) in [6, 6.07) is 0. The van der Waals surface area contributed by atoms with Crippen LogP contribution in [0, 0.1) is 40.4 Å². The van der Waals surface area contributed by atoms with Crippen LogP contribution in [0.15, 0.2) is 11.6 Å². The van der Waals surface area contributed by atoms with Gasteiger partial charge in [0, 0.05) is 0 Å². The summed E-state index contributed by atoms with van der Waals surface area (Å²) in [5.74, 6) is 3.83. The number of rotatable bonds is 0. The maximum absolute atomic E-state index is 11.0. The second-order valence-electron chi connectivity index (χ2n) is 9.73. The van der Waals surface area contributed by atoms with Crippen LogP contribution in [-0.2, 0) is 0 Å². The van der Waals surface area contributed by atoms with Crippen LogP contribution in [0.5, 0.6) is 0 Å². The van der Waals surface area contributed by atoms with Crippen LogP contribution in [-0.4, -0.2) is 11.2 Å². The predicted octanol–water partition coefficient (Wildman–Crippen LogP) is 5.19. The van der Waals surface area contributed by atoms with Crippen LogP contribution in [0.2, 0.25) is 0 Å². The van der Waals surface area contributed by atoms with Gasteiger partial charge in [0.2, 0.25) is 0 Å². The zero-order valence-electron chi connectivity index (χ0n) is 14.9. The highest BCUT2D eigenvalue weighted by Crippen LogP contribution is 2.66. The van der Waals surface area contributed by atoms with Crippen LogP contribution in [0.4, 0.5) is 0 Å². The molecule has 3 saturated carbocycles. The Morgan fingerprint density at radius 3 is 2.59 bits per heavy atom. The predicted molar refractivity (Wildman–Crippen MR) is 91.4 cm³/mol. The number of aliphatic hydroxyl groups excluding tert-OH is 1. The van der Waals surface area contributed by atoms with E-state index in [1.54, 1.807) is 0 Å². The first-order valence-electron chi connectivity index (χ1n) is 9.76. The van der Waals surface area contributed by atoms with Crippen molar-refractivity contribution in [1.29, 1.82) is 0 Å². The van der Waals surface area contributed by atoms with Crippen molar-refractivity contribution in [1.82, 2.24) is 0 Å². The molecule has 1 N–H and O–H groups in total. The average molecular weight is 303 g/mol. The summed E-state index contributed by atoms with van der Waals surface area (Å²) in [5.41, 5.74) is 2.27. The van der Waals surface area contributed by atoms with Gasteiger partial charge in [-0.05, 0) is 84.5 Å². The molecule has 1 heteroatoms. The Balaban J connectivity index is 1.75. The lowest BCUT2D eigenvalue weighted by atomic mass is 9.44. The minimum absolute atomic E-state index is 0.167. The van der Waals surface area contributed by atoms with Gasteiger partial charge in [-0.25, -0.2) is 0 Å². The van der Waals surface area contributed by atoms with Crippen molar-refractivity contribution in [2.24, 2.45) is 40.4 Å². The molecule has 0 aromatic heterocycles. The third-order valence-corrected chi connectivity index (χ3v) is 8.68. The van der Waals surface area contributed by atoms with Gasteiger partial charge in [0.25, 0.3) is 0 Å². The van der Waals surface area contributed by atoms with E-state index >= 15 is 0 Å². The monoisotopic (exact) mass is 302 g/mol. The van der Waals surface area contributed by atoms with Crippen LogP contribution < -0.4 is 0 Å². The van der Waals surface area contributed by atoms with E-state index in [0.29, 0.717) is 11.3 Å². The third-order valence-electron chi connectivity index (χ3n) is 8.68. The first-order chi connectivity index (χ1) is 10.4. The molecule has 4 aliphatic carbocycles. The van der Waals surface area contributed by atoms with E-state index in [1.807, 2.05) is 0 Å². The summed E-state index contributed by atoms with van der Waals surface area (Å²) in [6.07, 6.45) is 11.7. The largest absolute Gasteiger partial charge is 0.389 e.